The zero-order valence-electron chi connectivity index (χ0n) is 14.7. The summed E-state index contributed by atoms with van der Waals surface area (Å²) in [6.45, 7) is 13.4. The lowest BCUT2D eigenvalue weighted by Gasteiger charge is -2.28. The SMILES string of the molecule is CCC(N)Cc1ccc(N(CC)CC(CC)CC)cc1C. The van der Waals surface area contributed by atoms with Crippen LogP contribution in [0.15, 0.2) is 18.2 Å². The fourth-order valence-electron chi connectivity index (χ4n) is 2.81. The number of benzene rings is 1. The van der Waals surface area contributed by atoms with Gasteiger partial charge in [0.2, 0.25) is 0 Å². The minimum atomic E-state index is 0.279. The average molecular weight is 290 g/mol. The second kappa shape index (κ2) is 9.09. The molecule has 0 spiro atoms. The summed E-state index contributed by atoms with van der Waals surface area (Å²) in [6.07, 6.45) is 4.54. The van der Waals surface area contributed by atoms with E-state index in [1.165, 1.54) is 29.7 Å². The molecule has 0 fully saturated rings. The molecule has 0 saturated heterocycles. The fraction of sp³-hybridized carbons (Fsp3) is 0.684. The Morgan fingerprint density at radius 1 is 1.05 bits per heavy atom. The minimum absolute atomic E-state index is 0.279. The number of aryl methyl sites for hydroxylation is 1. The first kappa shape index (κ1) is 18.0. The third-order valence-corrected chi connectivity index (χ3v) is 4.71. The first-order chi connectivity index (χ1) is 10.0. The van der Waals surface area contributed by atoms with E-state index in [2.05, 4.69) is 57.7 Å². The van der Waals surface area contributed by atoms with Crippen LogP contribution in [-0.2, 0) is 6.42 Å². The molecule has 0 aliphatic heterocycles. The maximum absolute atomic E-state index is 6.09. The molecule has 0 aliphatic carbocycles. The Morgan fingerprint density at radius 3 is 2.19 bits per heavy atom. The predicted octanol–water partition coefficient (Wildman–Crippen LogP) is 4.54. The predicted molar refractivity (Wildman–Crippen MR) is 95.1 cm³/mol. The maximum atomic E-state index is 6.09. The van der Waals surface area contributed by atoms with Crippen LogP contribution in [0.3, 0.4) is 0 Å². The van der Waals surface area contributed by atoms with E-state index in [9.17, 15) is 0 Å². The molecule has 0 heterocycles. The molecule has 0 aromatic heterocycles. The molecule has 120 valence electrons. The summed E-state index contributed by atoms with van der Waals surface area (Å²) in [5, 5.41) is 0. The molecule has 0 radical (unpaired) electrons. The molecule has 1 atom stereocenters. The standard InChI is InChI=1S/C19H34N2/c1-6-16(7-2)14-21(9-4)19-11-10-17(15(5)12-19)13-18(20)8-3/h10-12,16,18H,6-9,13-14,20H2,1-5H3. The number of hydrogen-bond donors (Lipinski definition) is 1. The fourth-order valence-corrected chi connectivity index (χ4v) is 2.81. The van der Waals surface area contributed by atoms with Crippen molar-refractivity contribution >= 4 is 5.69 Å². The van der Waals surface area contributed by atoms with E-state index in [1.54, 1.807) is 0 Å². The van der Waals surface area contributed by atoms with Gasteiger partial charge in [-0.2, -0.15) is 0 Å². The van der Waals surface area contributed by atoms with Crippen LogP contribution in [-0.4, -0.2) is 19.1 Å². The number of anilines is 1. The molecule has 0 aliphatic rings. The van der Waals surface area contributed by atoms with E-state index in [0.29, 0.717) is 0 Å². The van der Waals surface area contributed by atoms with Crippen LogP contribution in [0, 0.1) is 12.8 Å². The van der Waals surface area contributed by atoms with Crippen molar-refractivity contribution in [3.63, 3.8) is 0 Å². The van der Waals surface area contributed by atoms with Crippen molar-refractivity contribution in [3.8, 4) is 0 Å². The summed E-state index contributed by atoms with van der Waals surface area (Å²) in [5.41, 5.74) is 10.2. The van der Waals surface area contributed by atoms with Gasteiger partial charge in [0.15, 0.2) is 0 Å². The van der Waals surface area contributed by atoms with Crippen molar-refractivity contribution in [3.05, 3.63) is 29.3 Å². The summed E-state index contributed by atoms with van der Waals surface area (Å²) < 4.78 is 0. The van der Waals surface area contributed by atoms with Gasteiger partial charge < -0.3 is 10.6 Å². The van der Waals surface area contributed by atoms with E-state index in [1.807, 2.05) is 0 Å². The van der Waals surface area contributed by atoms with Crippen LogP contribution in [0.25, 0.3) is 0 Å². The third kappa shape index (κ3) is 5.35. The zero-order chi connectivity index (χ0) is 15.8. The quantitative estimate of drug-likeness (QED) is 0.723. The highest BCUT2D eigenvalue weighted by Crippen LogP contribution is 2.22. The Kier molecular flexibility index (Phi) is 7.81. The van der Waals surface area contributed by atoms with Crippen LogP contribution in [0.1, 0.15) is 58.1 Å². The molecule has 2 heteroatoms. The van der Waals surface area contributed by atoms with Gasteiger partial charge >= 0.3 is 0 Å². The molecule has 1 aromatic carbocycles. The van der Waals surface area contributed by atoms with E-state index in [4.69, 9.17) is 5.73 Å². The molecule has 1 aromatic rings. The summed E-state index contributed by atoms with van der Waals surface area (Å²) >= 11 is 0. The molecule has 0 saturated carbocycles. The van der Waals surface area contributed by atoms with Gasteiger partial charge in [0.05, 0.1) is 0 Å². The Labute approximate surface area is 131 Å². The van der Waals surface area contributed by atoms with Crippen molar-refractivity contribution in [1.29, 1.82) is 0 Å². The van der Waals surface area contributed by atoms with Gasteiger partial charge in [-0.1, -0.05) is 39.7 Å². The highest BCUT2D eigenvalue weighted by molar-refractivity contribution is 5.51. The lowest BCUT2D eigenvalue weighted by molar-refractivity contribution is 0.486. The van der Waals surface area contributed by atoms with Gasteiger partial charge in [0.25, 0.3) is 0 Å². The van der Waals surface area contributed by atoms with Crippen molar-refractivity contribution in [2.24, 2.45) is 11.7 Å². The molecule has 0 bridgehead atoms. The molecule has 2 nitrogen and oxygen atoms in total. The number of nitrogens with two attached hydrogens (primary N) is 1. The zero-order valence-corrected chi connectivity index (χ0v) is 14.7. The Balaban J connectivity index is 2.84. The monoisotopic (exact) mass is 290 g/mol. The average Bonchev–Trinajstić information content (AvgIpc) is 2.50. The van der Waals surface area contributed by atoms with Crippen molar-refractivity contribution < 1.29 is 0 Å². The van der Waals surface area contributed by atoms with E-state index in [-0.39, 0.29) is 6.04 Å². The second-order valence-corrected chi connectivity index (χ2v) is 6.20. The molecule has 2 N–H and O–H groups in total. The minimum Gasteiger partial charge on any atom is -0.372 e. The van der Waals surface area contributed by atoms with Gasteiger partial charge in [-0.3, -0.25) is 0 Å². The molecular formula is C19H34N2. The number of nitrogens with zero attached hydrogens (tertiary/aromatic N) is 1. The van der Waals surface area contributed by atoms with E-state index in [0.717, 1.165) is 31.8 Å². The van der Waals surface area contributed by atoms with Gasteiger partial charge in [-0.05, 0) is 55.9 Å². The summed E-state index contributed by atoms with van der Waals surface area (Å²) in [4.78, 5) is 2.51. The Hall–Kier alpha value is -1.02. The van der Waals surface area contributed by atoms with E-state index >= 15 is 0 Å². The number of hydrogen-bond acceptors (Lipinski definition) is 2. The lowest BCUT2D eigenvalue weighted by Crippen LogP contribution is -2.29. The van der Waals surface area contributed by atoms with Crippen LogP contribution in [0.2, 0.25) is 0 Å². The van der Waals surface area contributed by atoms with Gasteiger partial charge in [-0.25, -0.2) is 0 Å². The first-order valence-corrected chi connectivity index (χ1v) is 8.65. The third-order valence-electron chi connectivity index (χ3n) is 4.71. The van der Waals surface area contributed by atoms with E-state index < -0.39 is 0 Å². The summed E-state index contributed by atoms with van der Waals surface area (Å²) in [5.74, 6) is 0.790. The van der Waals surface area contributed by atoms with Gasteiger partial charge in [0, 0.05) is 24.8 Å². The maximum Gasteiger partial charge on any atom is 0.0369 e. The number of rotatable bonds is 9. The molecule has 1 unspecified atom stereocenters. The van der Waals surface area contributed by atoms with Crippen LogP contribution < -0.4 is 10.6 Å². The van der Waals surface area contributed by atoms with Crippen LogP contribution in [0.4, 0.5) is 5.69 Å². The lowest BCUT2D eigenvalue weighted by atomic mass is 9.98. The van der Waals surface area contributed by atoms with Crippen LogP contribution in [0.5, 0.6) is 0 Å². The molecule has 1 rings (SSSR count). The van der Waals surface area contributed by atoms with Crippen molar-refractivity contribution in [2.75, 3.05) is 18.0 Å². The smallest absolute Gasteiger partial charge is 0.0369 e. The highest BCUT2D eigenvalue weighted by atomic mass is 15.1. The largest absolute Gasteiger partial charge is 0.372 e. The Bertz CT molecular complexity index is 410. The highest BCUT2D eigenvalue weighted by Gasteiger charge is 2.12. The molecule has 0 amide bonds. The normalized spacial score (nSPS) is 12.7. The van der Waals surface area contributed by atoms with Crippen LogP contribution >= 0.6 is 0 Å². The van der Waals surface area contributed by atoms with Crippen molar-refractivity contribution in [1.82, 2.24) is 0 Å². The second-order valence-electron chi connectivity index (χ2n) is 6.20. The van der Waals surface area contributed by atoms with Gasteiger partial charge in [0.1, 0.15) is 0 Å². The first-order valence-electron chi connectivity index (χ1n) is 8.65. The topological polar surface area (TPSA) is 29.3 Å². The van der Waals surface area contributed by atoms with Gasteiger partial charge in [-0.15, -0.1) is 0 Å². The summed E-state index contributed by atoms with van der Waals surface area (Å²) in [7, 11) is 0. The molecular weight excluding hydrogens is 256 g/mol. The van der Waals surface area contributed by atoms with Crippen molar-refractivity contribution in [2.45, 2.75) is 66.3 Å². The Morgan fingerprint density at radius 2 is 1.71 bits per heavy atom. The molecule has 21 heavy (non-hydrogen) atoms. The summed E-state index contributed by atoms with van der Waals surface area (Å²) in [6, 6.07) is 7.16.